The van der Waals surface area contributed by atoms with Crippen molar-refractivity contribution in [3.05, 3.63) is 100 Å². The Morgan fingerprint density at radius 3 is 2.34 bits per heavy atom. The van der Waals surface area contributed by atoms with Crippen molar-refractivity contribution < 1.29 is 23.8 Å². The van der Waals surface area contributed by atoms with E-state index in [2.05, 4.69) is 12.1 Å². The zero-order valence-corrected chi connectivity index (χ0v) is 22.9. The molecule has 38 heavy (non-hydrogen) atoms. The fourth-order valence-corrected chi connectivity index (χ4v) is 5.34. The Bertz CT molecular complexity index is 1310. The van der Waals surface area contributed by atoms with Gasteiger partial charge in [-0.3, -0.25) is 9.69 Å². The van der Waals surface area contributed by atoms with Crippen LogP contribution in [0.5, 0.6) is 11.5 Å². The van der Waals surface area contributed by atoms with E-state index in [4.69, 9.17) is 26.4 Å². The van der Waals surface area contributed by atoms with Crippen LogP contribution in [0.3, 0.4) is 0 Å². The number of carbonyl (C=O) groups excluding carboxylic acids is 2. The van der Waals surface area contributed by atoms with E-state index < -0.39 is 12.0 Å². The van der Waals surface area contributed by atoms with Crippen LogP contribution in [0.15, 0.2) is 83.8 Å². The molecule has 3 aromatic carbocycles. The van der Waals surface area contributed by atoms with Crippen molar-refractivity contribution in [2.24, 2.45) is 0 Å². The molecule has 1 heterocycles. The number of hydrogen-bond donors (Lipinski definition) is 0. The molecule has 0 aliphatic carbocycles. The fourth-order valence-electron chi connectivity index (χ4n) is 4.03. The number of thioether (sulfide) groups is 1. The van der Waals surface area contributed by atoms with Gasteiger partial charge >= 0.3 is 5.97 Å². The van der Waals surface area contributed by atoms with E-state index in [1.807, 2.05) is 61.5 Å². The summed E-state index contributed by atoms with van der Waals surface area (Å²) in [7, 11) is 0. The molecule has 1 aliphatic heterocycles. The van der Waals surface area contributed by atoms with Crippen molar-refractivity contribution in [3.63, 3.8) is 0 Å². The second-order valence-electron chi connectivity index (χ2n) is 8.34. The first kappa shape index (κ1) is 27.4. The van der Waals surface area contributed by atoms with Gasteiger partial charge in [0.25, 0.3) is 5.91 Å². The predicted octanol–water partition coefficient (Wildman–Crippen LogP) is 6.21. The van der Waals surface area contributed by atoms with Crippen LogP contribution in [0.4, 0.5) is 0 Å². The minimum Gasteiger partial charge on any atom is -0.490 e. The van der Waals surface area contributed by atoms with E-state index in [1.54, 1.807) is 25.1 Å². The summed E-state index contributed by atoms with van der Waals surface area (Å²) in [4.78, 5) is 28.1. The molecule has 0 spiro atoms. The lowest BCUT2D eigenvalue weighted by molar-refractivity contribution is -0.151. The Hall–Kier alpha value is -3.62. The molecule has 1 fully saturated rings. The number of benzene rings is 3. The van der Waals surface area contributed by atoms with Crippen LogP contribution in [0, 0.1) is 0 Å². The van der Waals surface area contributed by atoms with Crippen LogP contribution in [-0.2, 0) is 20.7 Å². The second-order valence-corrected chi connectivity index (χ2v) is 10.0. The molecule has 0 saturated carbocycles. The van der Waals surface area contributed by atoms with Gasteiger partial charge in [0.05, 0.1) is 24.7 Å². The maximum Gasteiger partial charge on any atom is 0.333 e. The Morgan fingerprint density at radius 1 is 0.947 bits per heavy atom. The van der Waals surface area contributed by atoms with Gasteiger partial charge in [-0.2, -0.15) is 0 Å². The van der Waals surface area contributed by atoms with Crippen molar-refractivity contribution >= 4 is 46.3 Å². The van der Waals surface area contributed by atoms with Gasteiger partial charge in [0.15, 0.2) is 17.5 Å². The number of amides is 1. The van der Waals surface area contributed by atoms with Crippen molar-refractivity contribution in [1.82, 2.24) is 4.90 Å². The minimum atomic E-state index is -0.950. The van der Waals surface area contributed by atoms with Crippen LogP contribution in [0.25, 0.3) is 6.08 Å². The Balaban J connectivity index is 1.54. The monoisotopic (exact) mass is 547 g/mol. The van der Waals surface area contributed by atoms with Crippen LogP contribution >= 0.6 is 24.0 Å². The first-order valence-corrected chi connectivity index (χ1v) is 13.7. The highest BCUT2D eigenvalue weighted by atomic mass is 32.2. The molecule has 1 unspecified atom stereocenters. The number of thiocarbonyl (C=S) groups is 1. The van der Waals surface area contributed by atoms with Crippen molar-refractivity contribution in [2.75, 3.05) is 19.8 Å². The zero-order valence-electron chi connectivity index (χ0n) is 21.3. The lowest BCUT2D eigenvalue weighted by atomic mass is 10.1. The molecule has 3 aromatic rings. The Morgan fingerprint density at radius 2 is 1.66 bits per heavy atom. The van der Waals surface area contributed by atoms with E-state index in [1.165, 1.54) is 10.5 Å². The molecule has 0 radical (unpaired) electrons. The standard InChI is InChI=1S/C30H29NO5S2/c1-3-34-25-19-22(15-16-24(25)36-18-17-21-11-7-5-8-12-21)20-26-28(32)31(30(37)38-26)27(29(33)35-4-2)23-13-9-6-10-14-23/h5-16,19-20,27H,3-4,17-18H2,1-2H3/b26-20-. The first-order chi connectivity index (χ1) is 18.5. The van der Waals surface area contributed by atoms with Crippen molar-refractivity contribution in [1.29, 1.82) is 0 Å². The van der Waals surface area contributed by atoms with Crippen LogP contribution in [-0.4, -0.2) is 40.9 Å². The molecule has 0 N–H and O–H groups in total. The molecular weight excluding hydrogens is 518 g/mol. The first-order valence-electron chi connectivity index (χ1n) is 12.4. The molecule has 0 aromatic heterocycles. The van der Waals surface area contributed by atoms with Crippen molar-refractivity contribution in [2.45, 2.75) is 26.3 Å². The zero-order chi connectivity index (χ0) is 26.9. The van der Waals surface area contributed by atoms with Crippen LogP contribution in [0.1, 0.15) is 36.6 Å². The van der Waals surface area contributed by atoms with Gasteiger partial charge in [-0.05, 0) is 48.7 Å². The van der Waals surface area contributed by atoms with E-state index in [-0.39, 0.29) is 12.5 Å². The molecule has 1 saturated heterocycles. The molecule has 1 atom stereocenters. The van der Waals surface area contributed by atoms with Gasteiger partial charge in [0.1, 0.15) is 4.32 Å². The third kappa shape index (κ3) is 6.62. The molecule has 1 amide bonds. The van der Waals surface area contributed by atoms with Crippen molar-refractivity contribution in [3.8, 4) is 11.5 Å². The quantitative estimate of drug-likeness (QED) is 0.161. The van der Waals surface area contributed by atoms with E-state index in [0.717, 1.165) is 23.7 Å². The maximum absolute atomic E-state index is 13.5. The number of carbonyl (C=O) groups is 2. The van der Waals surface area contributed by atoms with Crippen LogP contribution < -0.4 is 9.47 Å². The van der Waals surface area contributed by atoms with Gasteiger partial charge in [0.2, 0.25) is 0 Å². The Kier molecular flexibility index (Phi) is 9.56. The second kappa shape index (κ2) is 13.3. The third-order valence-corrected chi connectivity index (χ3v) is 7.09. The lowest BCUT2D eigenvalue weighted by Crippen LogP contribution is -2.38. The summed E-state index contributed by atoms with van der Waals surface area (Å²) in [5.41, 5.74) is 2.59. The molecule has 196 valence electrons. The number of nitrogens with zero attached hydrogens (tertiary/aromatic N) is 1. The van der Waals surface area contributed by atoms with Crippen LogP contribution in [0.2, 0.25) is 0 Å². The highest BCUT2D eigenvalue weighted by Gasteiger charge is 2.42. The largest absolute Gasteiger partial charge is 0.490 e. The lowest BCUT2D eigenvalue weighted by Gasteiger charge is -2.25. The van der Waals surface area contributed by atoms with Gasteiger partial charge in [0, 0.05) is 6.42 Å². The number of rotatable bonds is 11. The summed E-state index contributed by atoms with van der Waals surface area (Å²) >= 11 is 6.70. The highest BCUT2D eigenvalue weighted by molar-refractivity contribution is 8.26. The van der Waals surface area contributed by atoms with E-state index in [0.29, 0.717) is 39.5 Å². The third-order valence-electron chi connectivity index (χ3n) is 5.76. The summed E-state index contributed by atoms with van der Waals surface area (Å²) in [5.74, 6) is 0.368. The molecule has 8 heteroatoms. The smallest absolute Gasteiger partial charge is 0.333 e. The normalized spacial score (nSPS) is 15.0. The summed E-state index contributed by atoms with van der Waals surface area (Å²) in [6.45, 7) is 4.82. The number of esters is 1. The van der Waals surface area contributed by atoms with Gasteiger partial charge in [-0.15, -0.1) is 0 Å². The topological polar surface area (TPSA) is 65.1 Å². The molecule has 4 rings (SSSR count). The molecule has 1 aliphatic rings. The fraction of sp³-hybridized carbons (Fsp3) is 0.233. The van der Waals surface area contributed by atoms with E-state index in [9.17, 15) is 9.59 Å². The Labute approximate surface area is 232 Å². The van der Waals surface area contributed by atoms with Gasteiger partial charge in [-0.25, -0.2) is 4.79 Å². The summed E-state index contributed by atoms with van der Waals surface area (Å²) in [5, 5.41) is 0. The minimum absolute atomic E-state index is 0.201. The highest BCUT2D eigenvalue weighted by Crippen LogP contribution is 2.39. The SMILES string of the molecule is CCOC(=O)C(c1ccccc1)N1C(=O)/C(=C/c2ccc(OCCc3ccccc3)c(OCC)c2)SC1=S. The predicted molar refractivity (Wildman–Crippen MR) is 154 cm³/mol. The number of hydrogen-bond acceptors (Lipinski definition) is 7. The number of ether oxygens (including phenoxy) is 3. The average Bonchev–Trinajstić information content (AvgIpc) is 3.19. The van der Waals surface area contributed by atoms with Gasteiger partial charge in [-0.1, -0.05) is 90.7 Å². The molecule has 6 nitrogen and oxygen atoms in total. The summed E-state index contributed by atoms with van der Waals surface area (Å²) in [6, 6.07) is 23.8. The average molecular weight is 548 g/mol. The molecular formula is C30H29NO5S2. The maximum atomic E-state index is 13.5. The van der Waals surface area contributed by atoms with Gasteiger partial charge < -0.3 is 14.2 Å². The summed E-state index contributed by atoms with van der Waals surface area (Å²) in [6.07, 6.45) is 2.53. The van der Waals surface area contributed by atoms with E-state index >= 15 is 0 Å². The summed E-state index contributed by atoms with van der Waals surface area (Å²) < 4.78 is 17.4. The molecule has 0 bridgehead atoms.